The second kappa shape index (κ2) is 6.01. The van der Waals surface area contributed by atoms with E-state index >= 15 is 0 Å². The zero-order chi connectivity index (χ0) is 12.3. The van der Waals surface area contributed by atoms with Gasteiger partial charge in [-0.05, 0) is 30.7 Å². The number of aryl methyl sites for hydroxylation is 1. The Balaban J connectivity index is 2.15. The van der Waals surface area contributed by atoms with Crippen molar-refractivity contribution in [1.29, 1.82) is 0 Å². The first-order chi connectivity index (χ1) is 8.24. The number of alkyl halides is 1. The molecule has 4 heteroatoms. The van der Waals surface area contributed by atoms with Gasteiger partial charge in [-0.2, -0.15) is 11.3 Å². The Kier molecular flexibility index (Phi) is 4.62. The van der Waals surface area contributed by atoms with Gasteiger partial charge in [0.2, 0.25) is 0 Å². The van der Waals surface area contributed by atoms with Gasteiger partial charge in [-0.3, -0.25) is 4.79 Å². The van der Waals surface area contributed by atoms with E-state index in [-0.39, 0.29) is 5.91 Å². The Hall–Kier alpha value is -0.350. The Morgan fingerprint density at radius 1 is 1.47 bits per heavy atom. The molecule has 94 valence electrons. The van der Waals surface area contributed by atoms with Crippen molar-refractivity contribution in [2.45, 2.75) is 38.6 Å². The lowest BCUT2D eigenvalue weighted by Gasteiger charge is -2.28. The van der Waals surface area contributed by atoms with Gasteiger partial charge in [0, 0.05) is 23.3 Å². The van der Waals surface area contributed by atoms with E-state index in [0.717, 1.165) is 23.0 Å². The molecule has 0 N–H and O–H groups in total. The average Bonchev–Trinajstić information content (AvgIpc) is 2.95. The molecular weight excluding hydrogens is 298 g/mol. The predicted molar refractivity (Wildman–Crippen MR) is 76.1 cm³/mol. The highest BCUT2D eigenvalue weighted by atomic mass is 79.9. The van der Waals surface area contributed by atoms with Crippen LogP contribution in [-0.2, 0) is 0 Å². The molecule has 17 heavy (non-hydrogen) atoms. The Morgan fingerprint density at radius 2 is 2.18 bits per heavy atom. The zero-order valence-electron chi connectivity index (χ0n) is 10.1. The smallest absolute Gasteiger partial charge is 0.255 e. The van der Waals surface area contributed by atoms with Crippen molar-refractivity contribution in [1.82, 2.24) is 4.90 Å². The van der Waals surface area contributed by atoms with Crippen molar-refractivity contribution in [3.8, 4) is 0 Å². The largest absolute Gasteiger partial charge is 0.335 e. The molecule has 1 saturated carbocycles. The maximum absolute atomic E-state index is 12.5. The summed E-state index contributed by atoms with van der Waals surface area (Å²) >= 11 is 5.07. The number of carbonyl (C=O) groups excluding carboxylic acids is 1. The second-order valence-electron chi connectivity index (χ2n) is 4.59. The van der Waals surface area contributed by atoms with E-state index in [1.54, 1.807) is 11.3 Å². The number of hydrogen-bond acceptors (Lipinski definition) is 2. The third kappa shape index (κ3) is 2.91. The number of nitrogens with zero attached hydrogens (tertiary/aromatic N) is 1. The fourth-order valence-corrected chi connectivity index (χ4v) is 3.70. The van der Waals surface area contributed by atoms with E-state index < -0.39 is 0 Å². The lowest BCUT2D eigenvalue weighted by molar-refractivity contribution is 0.0696. The van der Waals surface area contributed by atoms with E-state index in [1.807, 2.05) is 17.7 Å². The van der Waals surface area contributed by atoms with Crippen LogP contribution in [0.15, 0.2) is 10.8 Å². The zero-order valence-corrected chi connectivity index (χ0v) is 12.5. The molecule has 1 amide bonds. The molecule has 1 aliphatic carbocycles. The first kappa shape index (κ1) is 13.1. The highest BCUT2D eigenvalue weighted by Gasteiger charge is 2.27. The van der Waals surface area contributed by atoms with Crippen LogP contribution in [0.4, 0.5) is 0 Å². The molecular formula is C13H18BrNOS. The molecule has 0 atom stereocenters. The summed E-state index contributed by atoms with van der Waals surface area (Å²) in [6, 6.07) is 0.458. The molecule has 0 aromatic carbocycles. The number of rotatable bonds is 4. The van der Waals surface area contributed by atoms with Gasteiger partial charge in [-0.15, -0.1) is 0 Å². The molecule has 0 saturated heterocycles. The standard InChI is InChI=1S/C13H18BrNOS/c1-10-8-17-9-12(10)13(16)15(7-6-14)11-4-2-3-5-11/h8-9,11H,2-7H2,1H3. The molecule has 1 aromatic rings. The summed E-state index contributed by atoms with van der Waals surface area (Å²) in [5, 5.41) is 4.89. The Morgan fingerprint density at radius 3 is 2.71 bits per heavy atom. The average molecular weight is 316 g/mol. The van der Waals surface area contributed by atoms with Crippen molar-refractivity contribution < 1.29 is 4.79 Å². The van der Waals surface area contributed by atoms with Gasteiger partial charge < -0.3 is 4.90 Å². The van der Waals surface area contributed by atoms with E-state index in [0.29, 0.717) is 6.04 Å². The molecule has 0 bridgehead atoms. The maximum Gasteiger partial charge on any atom is 0.255 e. The normalized spacial score (nSPS) is 16.4. The minimum Gasteiger partial charge on any atom is -0.335 e. The molecule has 1 heterocycles. The molecule has 0 unspecified atom stereocenters. The van der Waals surface area contributed by atoms with Gasteiger partial charge >= 0.3 is 0 Å². The van der Waals surface area contributed by atoms with Gasteiger partial charge in [-0.1, -0.05) is 28.8 Å². The molecule has 1 aliphatic rings. The Bertz CT molecular complexity index is 385. The molecule has 2 nitrogen and oxygen atoms in total. The first-order valence-electron chi connectivity index (χ1n) is 6.13. The third-order valence-corrected chi connectivity index (χ3v) is 4.65. The molecule has 2 rings (SSSR count). The van der Waals surface area contributed by atoms with Crippen LogP contribution in [-0.4, -0.2) is 28.7 Å². The number of thiophene rings is 1. The van der Waals surface area contributed by atoms with Gasteiger partial charge in [0.1, 0.15) is 0 Å². The number of amides is 1. The minimum atomic E-state index is 0.218. The van der Waals surface area contributed by atoms with Crippen LogP contribution in [0.1, 0.15) is 41.6 Å². The van der Waals surface area contributed by atoms with Gasteiger partial charge in [0.05, 0.1) is 5.56 Å². The van der Waals surface area contributed by atoms with E-state index in [9.17, 15) is 4.79 Å². The van der Waals surface area contributed by atoms with Gasteiger partial charge in [0.15, 0.2) is 0 Å². The fraction of sp³-hybridized carbons (Fsp3) is 0.615. The van der Waals surface area contributed by atoms with Crippen LogP contribution in [0.2, 0.25) is 0 Å². The lowest BCUT2D eigenvalue weighted by atomic mass is 10.1. The Labute approximate surface area is 115 Å². The highest BCUT2D eigenvalue weighted by Crippen LogP contribution is 2.26. The molecule has 0 spiro atoms. The summed E-state index contributed by atoms with van der Waals surface area (Å²) in [4.78, 5) is 14.6. The predicted octanol–water partition coefficient (Wildman–Crippen LogP) is 3.84. The summed E-state index contributed by atoms with van der Waals surface area (Å²) in [6.07, 6.45) is 4.86. The quantitative estimate of drug-likeness (QED) is 0.773. The van der Waals surface area contributed by atoms with E-state index in [1.165, 1.54) is 25.7 Å². The lowest BCUT2D eigenvalue weighted by Crippen LogP contribution is -2.40. The monoisotopic (exact) mass is 315 g/mol. The fourth-order valence-electron chi connectivity index (χ4n) is 2.49. The molecule has 1 aromatic heterocycles. The summed E-state index contributed by atoms with van der Waals surface area (Å²) in [7, 11) is 0. The van der Waals surface area contributed by atoms with Crippen molar-refractivity contribution in [3.05, 3.63) is 21.9 Å². The molecule has 0 radical (unpaired) electrons. The number of carbonyl (C=O) groups is 1. The van der Waals surface area contributed by atoms with Crippen molar-refractivity contribution >= 4 is 33.2 Å². The van der Waals surface area contributed by atoms with Crippen molar-refractivity contribution in [2.24, 2.45) is 0 Å². The summed E-state index contributed by atoms with van der Waals surface area (Å²) < 4.78 is 0. The van der Waals surface area contributed by atoms with Crippen LogP contribution < -0.4 is 0 Å². The molecule has 1 fully saturated rings. The first-order valence-corrected chi connectivity index (χ1v) is 8.20. The van der Waals surface area contributed by atoms with Crippen molar-refractivity contribution in [2.75, 3.05) is 11.9 Å². The topological polar surface area (TPSA) is 20.3 Å². The van der Waals surface area contributed by atoms with Crippen LogP contribution in [0.3, 0.4) is 0 Å². The minimum absolute atomic E-state index is 0.218. The van der Waals surface area contributed by atoms with Gasteiger partial charge in [-0.25, -0.2) is 0 Å². The summed E-state index contributed by atoms with van der Waals surface area (Å²) in [6.45, 7) is 2.84. The van der Waals surface area contributed by atoms with Crippen LogP contribution >= 0.6 is 27.3 Å². The second-order valence-corrected chi connectivity index (χ2v) is 6.13. The summed E-state index contributed by atoms with van der Waals surface area (Å²) in [5.41, 5.74) is 2.00. The van der Waals surface area contributed by atoms with E-state index in [2.05, 4.69) is 20.8 Å². The van der Waals surface area contributed by atoms with Crippen LogP contribution in [0.25, 0.3) is 0 Å². The highest BCUT2D eigenvalue weighted by molar-refractivity contribution is 9.09. The van der Waals surface area contributed by atoms with Crippen LogP contribution in [0.5, 0.6) is 0 Å². The van der Waals surface area contributed by atoms with E-state index in [4.69, 9.17) is 0 Å². The van der Waals surface area contributed by atoms with Crippen LogP contribution in [0, 0.1) is 6.92 Å². The SMILES string of the molecule is Cc1cscc1C(=O)N(CCBr)C1CCCC1. The van der Waals surface area contributed by atoms with Crippen molar-refractivity contribution in [3.63, 3.8) is 0 Å². The number of halogens is 1. The molecule has 0 aliphatic heterocycles. The maximum atomic E-state index is 12.5. The summed E-state index contributed by atoms with van der Waals surface area (Å²) in [5.74, 6) is 0.218. The third-order valence-electron chi connectivity index (χ3n) is 3.44. The van der Waals surface area contributed by atoms with Gasteiger partial charge in [0.25, 0.3) is 5.91 Å². The number of hydrogen-bond donors (Lipinski definition) is 0.